The summed E-state index contributed by atoms with van der Waals surface area (Å²) in [5.74, 6) is 0.535. The standard InChI is InChI=1S/C20H23N3S/c1-14(2)15-5-6-19-17(12-15)18(23-10-8-21-9-11-23)13-16-4-3-7-22-20(16)24-19/h3-7,12-14,21H,8-11H2,1-2H3. The van der Waals surface area contributed by atoms with Gasteiger partial charge in [-0.15, -0.1) is 0 Å². The van der Waals surface area contributed by atoms with E-state index < -0.39 is 0 Å². The summed E-state index contributed by atoms with van der Waals surface area (Å²) in [5, 5.41) is 4.55. The third-order valence-corrected chi connectivity index (χ3v) is 5.81. The Bertz CT molecular complexity index is 776. The Morgan fingerprint density at radius 2 is 2.00 bits per heavy atom. The zero-order valence-corrected chi connectivity index (χ0v) is 15.1. The van der Waals surface area contributed by atoms with Crippen LogP contribution in [0.25, 0.3) is 11.8 Å². The number of benzene rings is 1. The number of hydrogen-bond acceptors (Lipinski definition) is 4. The van der Waals surface area contributed by atoms with Gasteiger partial charge >= 0.3 is 0 Å². The number of piperazine rings is 1. The fraction of sp³-hybridized carbons (Fsp3) is 0.350. The fourth-order valence-corrected chi connectivity index (χ4v) is 4.27. The van der Waals surface area contributed by atoms with E-state index in [1.54, 1.807) is 11.8 Å². The van der Waals surface area contributed by atoms with Crippen molar-refractivity contribution in [2.75, 3.05) is 26.2 Å². The van der Waals surface area contributed by atoms with Crippen LogP contribution in [0.15, 0.2) is 46.5 Å². The first kappa shape index (κ1) is 15.7. The Balaban J connectivity index is 1.87. The van der Waals surface area contributed by atoms with Crippen LogP contribution in [0.1, 0.15) is 36.5 Å². The molecular formula is C20H23N3S. The maximum atomic E-state index is 4.60. The van der Waals surface area contributed by atoms with Gasteiger partial charge in [0, 0.05) is 54.1 Å². The zero-order valence-electron chi connectivity index (χ0n) is 14.2. The summed E-state index contributed by atoms with van der Waals surface area (Å²) in [6.07, 6.45) is 4.22. The van der Waals surface area contributed by atoms with Gasteiger partial charge in [0.2, 0.25) is 0 Å². The highest BCUT2D eigenvalue weighted by Crippen LogP contribution is 2.41. The number of hydrogen-bond donors (Lipinski definition) is 1. The number of rotatable bonds is 2. The van der Waals surface area contributed by atoms with Crippen LogP contribution in [0, 0.1) is 0 Å². The van der Waals surface area contributed by atoms with Crippen LogP contribution in [0.5, 0.6) is 0 Å². The second-order valence-corrected chi connectivity index (χ2v) is 7.71. The van der Waals surface area contributed by atoms with Gasteiger partial charge in [-0.2, -0.15) is 0 Å². The van der Waals surface area contributed by atoms with Crippen molar-refractivity contribution in [1.29, 1.82) is 0 Å². The first-order valence-corrected chi connectivity index (χ1v) is 9.48. The van der Waals surface area contributed by atoms with Crippen LogP contribution in [-0.4, -0.2) is 36.1 Å². The molecule has 0 atom stereocenters. The lowest BCUT2D eigenvalue weighted by Crippen LogP contribution is -2.42. The Labute approximate surface area is 148 Å². The van der Waals surface area contributed by atoms with E-state index in [-0.39, 0.29) is 0 Å². The molecule has 1 aromatic heterocycles. The minimum absolute atomic E-state index is 0.535. The fourth-order valence-electron chi connectivity index (χ4n) is 3.29. The van der Waals surface area contributed by atoms with E-state index >= 15 is 0 Å². The topological polar surface area (TPSA) is 28.2 Å². The van der Waals surface area contributed by atoms with Crippen molar-refractivity contribution < 1.29 is 0 Å². The zero-order chi connectivity index (χ0) is 16.5. The van der Waals surface area contributed by atoms with Gasteiger partial charge in [-0.3, -0.25) is 0 Å². The molecule has 0 unspecified atom stereocenters. The van der Waals surface area contributed by atoms with Gasteiger partial charge in [0.1, 0.15) is 5.03 Å². The average molecular weight is 337 g/mol. The number of fused-ring (bicyclic) bond motifs is 2. The average Bonchev–Trinajstić information content (AvgIpc) is 2.78. The quantitative estimate of drug-likeness (QED) is 0.894. The van der Waals surface area contributed by atoms with Crippen molar-refractivity contribution in [3.8, 4) is 0 Å². The number of nitrogens with zero attached hydrogens (tertiary/aromatic N) is 2. The molecule has 0 bridgehead atoms. The summed E-state index contributed by atoms with van der Waals surface area (Å²) < 4.78 is 0. The van der Waals surface area contributed by atoms with Crippen molar-refractivity contribution in [3.05, 3.63) is 53.2 Å². The van der Waals surface area contributed by atoms with E-state index in [0.717, 1.165) is 31.2 Å². The molecule has 2 aliphatic rings. The summed E-state index contributed by atoms with van der Waals surface area (Å²) in [7, 11) is 0. The lowest BCUT2D eigenvalue weighted by atomic mass is 9.98. The first-order valence-electron chi connectivity index (χ1n) is 8.67. The van der Waals surface area contributed by atoms with E-state index in [9.17, 15) is 0 Å². The highest BCUT2D eigenvalue weighted by atomic mass is 32.2. The minimum atomic E-state index is 0.535. The van der Waals surface area contributed by atoms with E-state index in [0.29, 0.717) is 5.92 Å². The molecule has 4 rings (SSSR count). The summed E-state index contributed by atoms with van der Waals surface area (Å²) in [6, 6.07) is 11.1. The summed E-state index contributed by atoms with van der Waals surface area (Å²) >= 11 is 1.79. The lowest BCUT2D eigenvalue weighted by molar-refractivity contribution is 0.341. The van der Waals surface area contributed by atoms with E-state index in [2.05, 4.69) is 59.4 Å². The third kappa shape index (κ3) is 2.96. The van der Waals surface area contributed by atoms with Crippen molar-refractivity contribution in [3.63, 3.8) is 0 Å². The minimum Gasteiger partial charge on any atom is -0.368 e. The van der Waals surface area contributed by atoms with Crippen molar-refractivity contribution in [1.82, 2.24) is 15.2 Å². The molecule has 1 N–H and O–H groups in total. The molecule has 1 saturated heterocycles. The molecule has 3 heterocycles. The molecule has 1 fully saturated rings. The molecule has 3 nitrogen and oxygen atoms in total. The molecule has 4 heteroatoms. The predicted molar refractivity (Wildman–Crippen MR) is 101 cm³/mol. The van der Waals surface area contributed by atoms with Crippen LogP contribution >= 0.6 is 11.8 Å². The van der Waals surface area contributed by atoms with E-state index in [4.69, 9.17) is 0 Å². The maximum Gasteiger partial charge on any atom is 0.108 e. The van der Waals surface area contributed by atoms with E-state index in [1.165, 1.54) is 27.3 Å². The van der Waals surface area contributed by atoms with Gasteiger partial charge in [0.15, 0.2) is 0 Å². The number of pyridine rings is 1. The van der Waals surface area contributed by atoms with Crippen LogP contribution in [-0.2, 0) is 0 Å². The van der Waals surface area contributed by atoms with E-state index in [1.807, 2.05) is 12.3 Å². The van der Waals surface area contributed by atoms with Gasteiger partial charge in [-0.1, -0.05) is 37.7 Å². The highest BCUT2D eigenvalue weighted by Gasteiger charge is 2.22. The molecule has 1 aromatic carbocycles. The highest BCUT2D eigenvalue weighted by molar-refractivity contribution is 7.99. The second kappa shape index (κ2) is 6.61. The maximum absolute atomic E-state index is 4.60. The van der Waals surface area contributed by atoms with Crippen LogP contribution in [0.3, 0.4) is 0 Å². The van der Waals surface area contributed by atoms with Gasteiger partial charge < -0.3 is 10.2 Å². The largest absolute Gasteiger partial charge is 0.368 e. The smallest absolute Gasteiger partial charge is 0.108 e. The number of aromatic nitrogens is 1. The number of nitrogens with one attached hydrogen (secondary N) is 1. The van der Waals surface area contributed by atoms with Crippen LogP contribution in [0.2, 0.25) is 0 Å². The Morgan fingerprint density at radius 1 is 1.17 bits per heavy atom. The normalized spacial score (nSPS) is 17.1. The van der Waals surface area contributed by atoms with Crippen molar-refractivity contribution in [2.45, 2.75) is 29.7 Å². The second-order valence-electron chi connectivity index (χ2n) is 6.68. The van der Waals surface area contributed by atoms with Crippen molar-refractivity contribution in [2.24, 2.45) is 0 Å². The molecule has 0 amide bonds. The lowest BCUT2D eigenvalue weighted by Gasteiger charge is -2.32. The summed E-state index contributed by atoms with van der Waals surface area (Å²) in [6.45, 7) is 8.72. The Kier molecular flexibility index (Phi) is 4.33. The molecule has 0 spiro atoms. The Morgan fingerprint density at radius 3 is 2.79 bits per heavy atom. The van der Waals surface area contributed by atoms with Gasteiger partial charge in [0.25, 0.3) is 0 Å². The first-order chi connectivity index (χ1) is 11.7. The van der Waals surface area contributed by atoms with Crippen LogP contribution in [0.4, 0.5) is 0 Å². The SMILES string of the molecule is CC(C)c1ccc2c(c1)C(N1CCNCC1)=Cc1cccnc1S2. The monoisotopic (exact) mass is 337 g/mol. The summed E-state index contributed by atoms with van der Waals surface area (Å²) in [5.41, 5.74) is 5.31. The van der Waals surface area contributed by atoms with Gasteiger partial charge in [0.05, 0.1) is 0 Å². The molecule has 124 valence electrons. The van der Waals surface area contributed by atoms with Gasteiger partial charge in [-0.25, -0.2) is 4.98 Å². The molecular weight excluding hydrogens is 314 g/mol. The Hall–Kier alpha value is -1.78. The van der Waals surface area contributed by atoms with Crippen LogP contribution < -0.4 is 5.32 Å². The molecule has 0 saturated carbocycles. The predicted octanol–water partition coefficient (Wildman–Crippen LogP) is 4.07. The van der Waals surface area contributed by atoms with Crippen molar-refractivity contribution >= 4 is 23.5 Å². The van der Waals surface area contributed by atoms with Gasteiger partial charge in [-0.05, 0) is 35.8 Å². The molecule has 0 aliphatic carbocycles. The molecule has 0 radical (unpaired) electrons. The molecule has 2 aromatic rings. The third-order valence-electron chi connectivity index (χ3n) is 4.70. The molecule has 2 aliphatic heterocycles. The summed E-state index contributed by atoms with van der Waals surface area (Å²) in [4.78, 5) is 8.43. The molecule has 24 heavy (non-hydrogen) atoms.